The maximum atomic E-state index is 4.73. The molecular formula is C28H29N9. The molecule has 4 heterocycles. The number of aromatic nitrogens is 7. The first-order valence-electron chi connectivity index (χ1n) is 12.6. The molecular weight excluding hydrogens is 462 g/mol. The Morgan fingerprint density at radius 1 is 0.892 bits per heavy atom. The Kier molecular flexibility index (Phi) is 6.43. The van der Waals surface area contributed by atoms with Gasteiger partial charge in [0.25, 0.3) is 0 Å². The molecule has 37 heavy (non-hydrogen) atoms. The third-order valence-corrected chi connectivity index (χ3v) is 6.84. The van der Waals surface area contributed by atoms with E-state index in [1.807, 2.05) is 22.9 Å². The van der Waals surface area contributed by atoms with Crippen LogP contribution in [0.4, 0.5) is 5.82 Å². The molecule has 1 aliphatic heterocycles. The molecule has 1 aliphatic rings. The summed E-state index contributed by atoms with van der Waals surface area (Å²) in [5.74, 6) is 0.944. The summed E-state index contributed by atoms with van der Waals surface area (Å²) < 4.78 is 1.98. The minimum Gasteiger partial charge on any atom is -0.352 e. The Hall–Kier alpha value is -4.37. The fraction of sp³-hybridized carbons (Fsp3) is 0.250. The van der Waals surface area contributed by atoms with Crippen LogP contribution in [0.1, 0.15) is 22.5 Å². The minimum absolute atomic E-state index is 0.746. The van der Waals surface area contributed by atoms with E-state index in [1.54, 1.807) is 18.6 Å². The van der Waals surface area contributed by atoms with Crippen molar-refractivity contribution in [1.29, 1.82) is 0 Å². The van der Waals surface area contributed by atoms with Crippen LogP contribution in [0.2, 0.25) is 0 Å². The van der Waals surface area contributed by atoms with Gasteiger partial charge in [-0.05, 0) is 24.6 Å². The number of para-hydroxylation sites is 1. The number of aromatic amines is 1. The maximum Gasteiger partial charge on any atom is 0.155 e. The Balaban J connectivity index is 1.12. The van der Waals surface area contributed by atoms with Crippen molar-refractivity contribution in [2.75, 3.05) is 31.1 Å². The fourth-order valence-corrected chi connectivity index (χ4v) is 4.79. The average molecular weight is 492 g/mol. The zero-order chi connectivity index (χ0) is 25.0. The van der Waals surface area contributed by atoms with Gasteiger partial charge in [-0.2, -0.15) is 20.5 Å². The predicted octanol–water partition coefficient (Wildman–Crippen LogP) is 3.67. The van der Waals surface area contributed by atoms with Crippen molar-refractivity contribution in [3.63, 3.8) is 0 Å². The van der Waals surface area contributed by atoms with Gasteiger partial charge in [-0.15, -0.1) is 0 Å². The molecule has 2 aromatic carbocycles. The topological polar surface area (TPSA) is 91.7 Å². The van der Waals surface area contributed by atoms with Gasteiger partial charge in [-0.25, -0.2) is 9.67 Å². The first kappa shape index (κ1) is 23.1. The molecule has 0 amide bonds. The summed E-state index contributed by atoms with van der Waals surface area (Å²) in [6, 6.07) is 18.8. The summed E-state index contributed by atoms with van der Waals surface area (Å²) in [4.78, 5) is 14.3. The second-order valence-corrected chi connectivity index (χ2v) is 9.35. The van der Waals surface area contributed by atoms with Crippen molar-refractivity contribution < 1.29 is 0 Å². The number of aryl methyl sites for hydroxylation is 1. The summed E-state index contributed by atoms with van der Waals surface area (Å²) in [5.41, 5.74) is 7.53. The number of hydrogen-bond donors (Lipinski definition) is 1. The van der Waals surface area contributed by atoms with E-state index >= 15 is 0 Å². The van der Waals surface area contributed by atoms with Crippen LogP contribution in [0.15, 0.2) is 79.4 Å². The van der Waals surface area contributed by atoms with E-state index in [0.717, 1.165) is 73.3 Å². The molecule has 3 aromatic heterocycles. The first-order valence-corrected chi connectivity index (χ1v) is 12.6. The Labute approximate surface area is 215 Å². The molecule has 9 nitrogen and oxygen atoms in total. The lowest BCUT2D eigenvalue weighted by Gasteiger charge is -2.35. The number of H-pyrrole nitrogens is 1. The van der Waals surface area contributed by atoms with Crippen molar-refractivity contribution in [3.05, 3.63) is 102 Å². The smallest absolute Gasteiger partial charge is 0.155 e. The summed E-state index contributed by atoms with van der Waals surface area (Å²) in [7, 11) is 0. The molecule has 1 N–H and O–H groups in total. The third-order valence-electron chi connectivity index (χ3n) is 6.84. The molecule has 5 aromatic rings. The van der Waals surface area contributed by atoms with E-state index in [4.69, 9.17) is 15.1 Å². The number of benzene rings is 2. The van der Waals surface area contributed by atoms with Gasteiger partial charge in [0, 0.05) is 68.9 Å². The van der Waals surface area contributed by atoms with Crippen LogP contribution in [0.5, 0.6) is 0 Å². The van der Waals surface area contributed by atoms with Crippen molar-refractivity contribution in [3.8, 4) is 16.9 Å². The molecule has 0 radical (unpaired) electrons. The molecule has 0 bridgehead atoms. The highest BCUT2D eigenvalue weighted by molar-refractivity contribution is 5.72. The van der Waals surface area contributed by atoms with Crippen LogP contribution in [0.3, 0.4) is 0 Å². The van der Waals surface area contributed by atoms with Gasteiger partial charge < -0.3 is 4.90 Å². The summed E-state index contributed by atoms with van der Waals surface area (Å²) in [6.45, 7) is 6.72. The van der Waals surface area contributed by atoms with Crippen LogP contribution in [0.25, 0.3) is 16.9 Å². The summed E-state index contributed by atoms with van der Waals surface area (Å²) in [5, 5.41) is 15.4. The quantitative estimate of drug-likeness (QED) is 0.371. The van der Waals surface area contributed by atoms with Gasteiger partial charge in [-0.3, -0.25) is 9.88 Å². The lowest BCUT2D eigenvalue weighted by molar-refractivity contribution is 0.249. The van der Waals surface area contributed by atoms with Crippen molar-refractivity contribution in [1.82, 2.24) is 40.1 Å². The normalized spacial score (nSPS) is 14.2. The van der Waals surface area contributed by atoms with Gasteiger partial charge in [0.1, 0.15) is 5.69 Å². The minimum atomic E-state index is 0.746. The molecule has 0 unspecified atom stereocenters. The van der Waals surface area contributed by atoms with Crippen molar-refractivity contribution in [2.45, 2.75) is 19.9 Å². The van der Waals surface area contributed by atoms with Gasteiger partial charge in [0.15, 0.2) is 5.82 Å². The number of anilines is 1. The number of piperazine rings is 1. The van der Waals surface area contributed by atoms with Crippen LogP contribution >= 0.6 is 0 Å². The number of nitrogens with one attached hydrogen (secondary N) is 1. The van der Waals surface area contributed by atoms with E-state index in [0.29, 0.717) is 0 Å². The predicted molar refractivity (Wildman–Crippen MR) is 142 cm³/mol. The lowest BCUT2D eigenvalue weighted by Crippen LogP contribution is -2.46. The SMILES string of the molecule is Cc1nn(-c2ccccc2)cc1CN1CCN(c2nccnc2-c2ccc(Cc3cn[nH]n3)cc2)CC1. The second-order valence-electron chi connectivity index (χ2n) is 9.35. The molecule has 0 saturated carbocycles. The molecule has 6 rings (SSSR count). The zero-order valence-electron chi connectivity index (χ0n) is 20.8. The molecule has 1 fully saturated rings. The molecule has 0 atom stereocenters. The Morgan fingerprint density at radius 2 is 1.68 bits per heavy atom. The number of hydrogen-bond acceptors (Lipinski definition) is 7. The van der Waals surface area contributed by atoms with Crippen LogP contribution < -0.4 is 4.90 Å². The van der Waals surface area contributed by atoms with E-state index in [9.17, 15) is 0 Å². The number of nitrogens with zero attached hydrogens (tertiary/aromatic N) is 8. The molecule has 9 heteroatoms. The molecule has 0 spiro atoms. The van der Waals surface area contributed by atoms with Crippen LogP contribution in [0, 0.1) is 6.92 Å². The number of rotatable bonds is 7. The van der Waals surface area contributed by atoms with E-state index in [-0.39, 0.29) is 0 Å². The highest BCUT2D eigenvalue weighted by atomic mass is 15.3. The Bertz CT molecular complexity index is 1440. The average Bonchev–Trinajstić information content (AvgIpc) is 3.60. The monoisotopic (exact) mass is 491 g/mol. The summed E-state index contributed by atoms with van der Waals surface area (Å²) >= 11 is 0. The fourth-order valence-electron chi connectivity index (χ4n) is 4.79. The first-order chi connectivity index (χ1) is 18.2. The van der Waals surface area contributed by atoms with Crippen molar-refractivity contribution >= 4 is 5.82 Å². The molecule has 1 saturated heterocycles. The van der Waals surface area contributed by atoms with Crippen LogP contribution in [-0.2, 0) is 13.0 Å². The lowest BCUT2D eigenvalue weighted by atomic mass is 10.1. The summed E-state index contributed by atoms with van der Waals surface area (Å²) in [6.07, 6.45) is 8.21. The zero-order valence-corrected chi connectivity index (χ0v) is 20.8. The van der Waals surface area contributed by atoms with Crippen LogP contribution in [-0.4, -0.2) is 66.2 Å². The van der Waals surface area contributed by atoms with Gasteiger partial charge in [0.2, 0.25) is 0 Å². The van der Waals surface area contributed by atoms with E-state index in [2.05, 4.69) is 74.7 Å². The highest BCUT2D eigenvalue weighted by Gasteiger charge is 2.22. The Morgan fingerprint density at radius 3 is 2.43 bits per heavy atom. The van der Waals surface area contributed by atoms with E-state index in [1.165, 1.54) is 11.1 Å². The van der Waals surface area contributed by atoms with Crippen molar-refractivity contribution in [2.24, 2.45) is 0 Å². The van der Waals surface area contributed by atoms with Gasteiger partial charge >= 0.3 is 0 Å². The van der Waals surface area contributed by atoms with E-state index < -0.39 is 0 Å². The standard InChI is InChI=1S/C28H29N9/c1-21-24(20-37(33-21)26-5-3-2-4-6-26)19-35-13-15-36(16-14-35)28-27(29-11-12-30-28)23-9-7-22(8-10-23)17-25-18-31-34-32-25/h2-12,18,20H,13-17,19H2,1H3,(H,31,32,34). The molecule has 0 aliphatic carbocycles. The maximum absolute atomic E-state index is 4.73. The second kappa shape index (κ2) is 10.3. The molecule has 186 valence electrons. The highest BCUT2D eigenvalue weighted by Crippen LogP contribution is 2.28. The van der Waals surface area contributed by atoms with Gasteiger partial charge in [-0.1, -0.05) is 42.5 Å². The third kappa shape index (κ3) is 5.12. The largest absolute Gasteiger partial charge is 0.352 e. The van der Waals surface area contributed by atoms with Gasteiger partial charge in [0.05, 0.1) is 23.3 Å².